The molecule has 0 bridgehead atoms. The van der Waals surface area contributed by atoms with Crippen LogP contribution < -0.4 is 9.80 Å². The Hall–Kier alpha value is -3.76. The molecular formula is C21H24N8O3. The molecular weight excluding hydrogens is 412 g/mol. The number of anilines is 2. The molecule has 2 aliphatic rings. The highest BCUT2D eigenvalue weighted by Crippen LogP contribution is 2.32. The van der Waals surface area contributed by atoms with Crippen molar-refractivity contribution in [2.75, 3.05) is 49.1 Å². The number of amides is 1. The van der Waals surface area contributed by atoms with Crippen molar-refractivity contribution in [2.45, 2.75) is 12.8 Å². The van der Waals surface area contributed by atoms with Crippen LogP contribution in [0, 0.1) is 10.1 Å². The Balaban J connectivity index is 1.32. The number of aryl methyl sites for hydroxylation is 1. The number of fused-ring (bicyclic) bond motifs is 1. The largest absolute Gasteiger partial charge is 0.366 e. The van der Waals surface area contributed by atoms with E-state index in [-0.39, 0.29) is 11.6 Å². The number of hydrogen-bond donors (Lipinski definition) is 0. The van der Waals surface area contributed by atoms with Crippen molar-refractivity contribution in [3.05, 3.63) is 46.4 Å². The van der Waals surface area contributed by atoms with Gasteiger partial charge >= 0.3 is 0 Å². The molecule has 1 aromatic carbocycles. The van der Waals surface area contributed by atoms with E-state index >= 15 is 0 Å². The molecule has 1 amide bonds. The molecule has 0 atom stereocenters. The van der Waals surface area contributed by atoms with Gasteiger partial charge in [-0.25, -0.2) is 9.97 Å². The normalized spacial score (nSPS) is 16.7. The molecule has 2 fully saturated rings. The van der Waals surface area contributed by atoms with Gasteiger partial charge in [0, 0.05) is 57.9 Å². The summed E-state index contributed by atoms with van der Waals surface area (Å²) in [4.78, 5) is 39.0. The predicted octanol–water partition coefficient (Wildman–Crippen LogP) is 1.83. The zero-order valence-corrected chi connectivity index (χ0v) is 17.8. The molecule has 5 rings (SSSR count). The van der Waals surface area contributed by atoms with Gasteiger partial charge in [0.25, 0.3) is 11.6 Å². The van der Waals surface area contributed by atoms with Gasteiger partial charge in [0.2, 0.25) is 0 Å². The Kier molecular flexibility index (Phi) is 5.08. The van der Waals surface area contributed by atoms with Gasteiger partial charge in [-0.05, 0) is 25.0 Å². The summed E-state index contributed by atoms with van der Waals surface area (Å²) >= 11 is 0. The number of rotatable bonds is 4. The van der Waals surface area contributed by atoms with Crippen LogP contribution in [0.25, 0.3) is 11.0 Å². The van der Waals surface area contributed by atoms with E-state index in [1.165, 1.54) is 12.4 Å². The summed E-state index contributed by atoms with van der Waals surface area (Å²) in [5.74, 6) is 0.621. The van der Waals surface area contributed by atoms with E-state index in [2.05, 4.69) is 20.0 Å². The van der Waals surface area contributed by atoms with Crippen LogP contribution in [-0.2, 0) is 7.05 Å². The maximum atomic E-state index is 13.1. The van der Waals surface area contributed by atoms with E-state index in [0.717, 1.165) is 42.8 Å². The summed E-state index contributed by atoms with van der Waals surface area (Å²) in [6.45, 7) is 3.85. The van der Waals surface area contributed by atoms with Crippen LogP contribution in [0.5, 0.6) is 0 Å². The third kappa shape index (κ3) is 3.49. The summed E-state index contributed by atoms with van der Waals surface area (Å²) in [6.07, 6.45) is 5.33. The molecule has 2 aliphatic heterocycles. The second kappa shape index (κ2) is 8.06. The lowest BCUT2D eigenvalue weighted by Gasteiger charge is -2.35. The van der Waals surface area contributed by atoms with Crippen LogP contribution in [0.1, 0.15) is 23.2 Å². The number of nitro groups is 1. The second-order valence-corrected chi connectivity index (χ2v) is 8.14. The van der Waals surface area contributed by atoms with Crippen LogP contribution in [0.4, 0.5) is 17.2 Å². The molecule has 0 aliphatic carbocycles. The summed E-state index contributed by atoms with van der Waals surface area (Å²) in [6, 6.07) is 4.85. The lowest BCUT2D eigenvalue weighted by atomic mass is 10.1. The van der Waals surface area contributed by atoms with Gasteiger partial charge in [-0.3, -0.25) is 19.6 Å². The highest BCUT2D eigenvalue weighted by molar-refractivity contribution is 5.96. The minimum atomic E-state index is -0.392. The number of nitrogens with zero attached hydrogens (tertiary/aromatic N) is 8. The second-order valence-electron chi connectivity index (χ2n) is 8.14. The topological polar surface area (TPSA) is 114 Å². The fourth-order valence-electron chi connectivity index (χ4n) is 4.53. The molecule has 3 aromatic rings. The average Bonchev–Trinajstić information content (AvgIpc) is 3.49. The first-order chi connectivity index (χ1) is 15.5. The van der Waals surface area contributed by atoms with Crippen LogP contribution in [0.15, 0.2) is 30.7 Å². The van der Waals surface area contributed by atoms with Crippen LogP contribution >= 0.6 is 0 Å². The van der Waals surface area contributed by atoms with Gasteiger partial charge in [0.05, 0.1) is 16.5 Å². The van der Waals surface area contributed by atoms with Gasteiger partial charge in [0.15, 0.2) is 5.65 Å². The molecule has 2 saturated heterocycles. The predicted molar refractivity (Wildman–Crippen MR) is 119 cm³/mol. The standard InChI is InChI=1S/C21H24N8O3/c1-25-19-16(13-24-25)20(23-14-22-19)27-8-10-28(11-9-27)21(30)15-4-5-17(18(12-15)29(31)32)26-6-2-3-7-26/h4-5,12-14H,2-3,6-11H2,1H3. The molecule has 166 valence electrons. The van der Waals surface area contributed by atoms with E-state index in [1.807, 2.05) is 11.9 Å². The van der Waals surface area contributed by atoms with Crippen molar-refractivity contribution in [2.24, 2.45) is 7.05 Å². The summed E-state index contributed by atoms with van der Waals surface area (Å²) in [7, 11) is 1.84. The fourth-order valence-corrected chi connectivity index (χ4v) is 4.53. The van der Waals surface area contributed by atoms with Crippen molar-refractivity contribution in [3.8, 4) is 0 Å². The smallest absolute Gasteiger partial charge is 0.293 e. The highest BCUT2D eigenvalue weighted by Gasteiger charge is 2.28. The average molecular weight is 436 g/mol. The van der Waals surface area contributed by atoms with Gasteiger partial charge < -0.3 is 14.7 Å². The number of carbonyl (C=O) groups excluding carboxylic acids is 1. The Morgan fingerprint density at radius 1 is 1.03 bits per heavy atom. The number of benzene rings is 1. The van der Waals surface area contributed by atoms with Crippen molar-refractivity contribution < 1.29 is 9.72 Å². The summed E-state index contributed by atoms with van der Waals surface area (Å²) in [5, 5.41) is 16.8. The van der Waals surface area contributed by atoms with Crippen molar-refractivity contribution in [1.82, 2.24) is 24.6 Å². The van der Waals surface area contributed by atoms with E-state index in [4.69, 9.17) is 0 Å². The Morgan fingerprint density at radius 3 is 2.50 bits per heavy atom. The number of aromatic nitrogens is 4. The lowest BCUT2D eigenvalue weighted by molar-refractivity contribution is -0.384. The Labute approximate surface area is 184 Å². The third-order valence-electron chi connectivity index (χ3n) is 6.24. The maximum Gasteiger partial charge on any atom is 0.293 e. The maximum absolute atomic E-state index is 13.1. The van der Waals surface area contributed by atoms with Gasteiger partial charge in [-0.1, -0.05) is 0 Å². The zero-order chi connectivity index (χ0) is 22.2. The van der Waals surface area contributed by atoms with E-state index in [9.17, 15) is 14.9 Å². The summed E-state index contributed by atoms with van der Waals surface area (Å²) in [5.41, 5.74) is 1.71. The zero-order valence-electron chi connectivity index (χ0n) is 17.8. The lowest BCUT2D eigenvalue weighted by Crippen LogP contribution is -2.49. The van der Waals surface area contributed by atoms with Gasteiger partial charge in [-0.15, -0.1) is 0 Å². The quantitative estimate of drug-likeness (QED) is 0.450. The minimum Gasteiger partial charge on any atom is -0.366 e. The molecule has 11 nitrogen and oxygen atoms in total. The van der Waals surface area contributed by atoms with E-state index in [1.54, 1.807) is 27.9 Å². The monoisotopic (exact) mass is 436 g/mol. The third-order valence-corrected chi connectivity index (χ3v) is 6.24. The molecule has 0 N–H and O–H groups in total. The first-order valence-corrected chi connectivity index (χ1v) is 10.7. The van der Waals surface area contributed by atoms with Crippen LogP contribution in [-0.4, -0.2) is 74.7 Å². The molecule has 0 radical (unpaired) electrons. The molecule has 0 unspecified atom stereocenters. The highest BCUT2D eigenvalue weighted by atomic mass is 16.6. The van der Waals surface area contributed by atoms with Crippen molar-refractivity contribution in [1.29, 1.82) is 0 Å². The van der Waals surface area contributed by atoms with Crippen molar-refractivity contribution >= 4 is 34.1 Å². The minimum absolute atomic E-state index is 0.00339. The Bertz CT molecular complexity index is 1180. The number of carbonyl (C=O) groups is 1. The number of piperazine rings is 1. The summed E-state index contributed by atoms with van der Waals surface area (Å²) < 4.78 is 1.71. The first-order valence-electron chi connectivity index (χ1n) is 10.7. The molecule has 11 heteroatoms. The SMILES string of the molecule is Cn1ncc2c(N3CCN(C(=O)c4ccc(N5CCCC5)c([N+](=O)[O-])c4)CC3)ncnc21. The molecule has 0 spiro atoms. The van der Waals surface area contributed by atoms with Crippen molar-refractivity contribution in [3.63, 3.8) is 0 Å². The van der Waals surface area contributed by atoms with Gasteiger partial charge in [-0.2, -0.15) is 5.10 Å². The van der Waals surface area contributed by atoms with Crippen LogP contribution in [0.2, 0.25) is 0 Å². The van der Waals surface area contributed by atoms with Gasteiger partial charge in [0.1, 0.15) is 17.8 Å². The Morgan fingerprint density at radius 2 is 1.78 bits per heavy atom. The fraction of sp³-hybridized carbons (Fsp3) is 0.429. The molecule has 2 aromatic heterocycles. The number of nitro benzene ring substituents is 1. The first kappa shape index (κ1) is 20.2. The molecule has 32 heavy (non-hydrogen) atoms. The van der Waals surface area contributed by atoms with Crippen LogP contribution in [0.3, 0.4) is 0 Å². The van der Waals surface area contributed by atoms with E-state index in [0.29, 0.717) is 37.4 Å². The number of hydrogen-bond acceptors (Lipinski definition) is 8. The molecule has 0 saturated carbocycles. The van der Waals surface area contributed by atoms with E-state index < -0.39 is 4.92 Å². The molecule has 4 heterocycles.